The van der Waals surface area contributed by atoms with Crippen LogP contribution in [0.15, 0.2) is 48.5 Å². The van der Waals surface area contributed by atoms with Crippen molar-refractivity contribution in [1.82, 2.24) is 9.80 Å². The number of rotatable bonds is 7. The Kier molecular flexibility index (Phi) is 6.63. The van der Waals surface area contributed by atoms with Crippen LogP contribution in [-0.2, 0) is 4.79 Å². The van der Waals surface area contributed by atoms with Gasteiger partial charge in [0.25, 0.3) is 5.91 Å². The zero-order valence-corrected chi connectivity index (χ0v) is 20.3. The van der Waals surface area contributed by atoms with E-state index in [-0.39, 0.29) is 29.9 Å². The lowest BCUT2D eigenvalue weighted by Crippen LogP contribution is -2.56. The molecule has 0 radical (unpaired) electrons. The van der Waals surface area contributed by atoms with E-state index in [2.05, 4.69) is 0 Å². The van der Waals surface area contributed by atoms with Gasteiger partial charge in [0.1, 0.15) is 15.8 Å². The maximum Gasteiger partial charge on any atom is 0.266 e. The average Bonchev–Trinajstić information content (AvgIpc) is 3.42. The fourth-order valence-electron chi connectivity index (χ4n) is 4.11. The first-order valence-corrected chi connectivity index (χ1v) is 11.8. The van der Waals surface area contributed by atoms with Gasteiger partial charge >= 0.3 is 0 Å². The topological polar surface area (TPSA) is 70.1 Å². The summed E-state index contributed by atoms with van der Waals surface area (Å²) in [5.74, 6) is 0.801. The molecular weight excluding hydrogens is 463 g/mol. The molecule has 1 atom stereocenters. The number of amides is 1. The largest absolute Gasteiger partial charge is 0.508 e. The van der Waals surface area contributed by atoms with E-state index in [1.165, 1.54) is 12.1 Å². The van der Waals surface area contributed by atoms with E-state index in [1.807, 2.05) is 29.2 Å². The Bertz CT molecular complexity index is 1010. The van der Waals surface area contributed by atoms with Crippen LogP contribution in [0, 0.1) is 0 Å². The SMILES string of the molecule is CC(C)(Oc1ccc(C2CC2(Cl)Cl)cc1)C(=O)N1CCN(CC(=O)c2ccc(O)cc2)CC1. The number of hydrogen-bond acceptors (Lipinski definition) is 5. The molecule has 176 valence electrons. The molecule has 2 aliphatic rings. The highest BCUT2D eigenvalue weighted by atomic mass is 35.5. The third kappa shape index (κ3) is 5.62. The molecule has 0 aromatic heterocycles. The Labute approximate surface area is 204 Å². The van der Waals surface area contributed by atoms with Crippen LogP contribution in [0.4, 0.5) is 0 Å². The predicted octanol–water partition coefficient (Wildman–Crippen LogP) is 4.24. The van der Waals surface area contributed by atoms with Gasteiger partial charge in [0.05, 0.1) is 6.54 Å². The zero-order chi connectivity index (χ0) is 23.8. The summed E-state index contributed by atoms with van der Waals surface area (Å²) in [6.07, 6.45) is 0.743. The van der Waals surface area contributed by atoms with Crippen molar-refractivity contribution < 1.29 is 19.4 Å². The molecule has 1 amide bonds. The smallest absolute Gasteiger partial charge is 0.266 e. The number of aromatic hydroxyl groups is 1. The van der Waals surface area contributed by atoms with Gasteiger partial charge in [0.15, 0.2) is 11.4 Å². The van der Waals surface area contributed by atoms with E-state index in [4.69, 9.17) is 27.9 Å². The molecule has 2 fully saturated rings. The first kappa shape index (κ1) is 23.9. The Morgan fingerprint density at radius 1 is 1.03 bits per heavy atom. The highest BCUT2D eigenvalue weighted by molar-refractivity contribution is 6.51. The number of nitrogens with zero attached hydrogens (tertiary/aromatic N) is 2. The lowest BCUT2D eigenvalue weighted by Gasteiger charge is -2.38. The van der Waals surface area contributed by atoms with Crippen LogP contribution >= 0.6 is 23.2 Å². The van der Waals surface area contributed by atoms with Gasteiger partial charge in [-0.15, -0.1) is 23.2 Å². The molecular formula is C25H28Cl2N2O4. The normalized spacial score (nSPS) is 20.4. The van der Waals surface area contributed by atoms with Crippen molar-refractivity contribution in [3.05, 3.63) is 59.7 Å². The minimum absolute atomic E-state index is 0.00587. The molecule has 8 heteroatoms. The first-order valence-electron chi connectivity index (χ1n) is 11.1. The molecule has 1 N–H and O–H groups in total. The Hall–Kier alpha value is -2.28. The van der Waals surface area contributed by atoms with E-state index in [0.717, 1.165) is 12.0 Å². The maximum absolute atomic E-state index is 13.1. The molecule has 1 aliphatic carbocycles. The number of phenols is 1. The lowest BCUT2D eigenvalue weighted by atomic mass is 10.1. The molecule has 2 aromatic carbocycles. The number of alkyl halides is 2. The molecule has 6 nitrogen and oxygen atoms in total. The number of ether oxygens (including phenoxy) is 1. The third-order valence-corrected chi connectivity index (χ3v) is 7.05. The molecule has 0 spiro atoms. The number of phenolic OH excluding ortho intramolecular Hbond substituents is 1. The van der Waals surface area contributed by atoms with Gasteiger partial charge in [-0.25, -0.2) is 0 Å². The lowest BCUT2D eigenvalue weighted by molar-refractivity contribution is -0.147. The molecule has 4 rings (SSSR count). The molecule has 1 saturated carbocycles. The Balaban J connectivity index is 1.28. The summed E-state index contributed by atoms with van der Waals surface area (Å²) in [6, 6.07) is 13.8. The van der Waals surface area contributed by atoms with Gasteiger partial charge in [-0.3, -0.25) is 14.5 Å². The van der Waals surface area contributed by atoms with Crippen LogP contribution in [0.5, 0.6) is 11.5 Å². The van der Waals surface area contributed by atoms with Crippen molar-refractivity contribution in [2.24, 2.45) is 0 Å². The molecule has 1 unspecified atom stereocenters. The molecule has 33 heavy (non-hydrogen) atoms. The standard InChI is InChI=1S/C25H28Cl2N2O4/c1-24(2,33-20-9-5-17(6-10-20)21-15-25(21,26)27)23(32)29-13-11-28(12-14-29)16-22(31)18-3-7-19(30)8-4-18/h3-10,21,30H,11-16H2,1-2H3. The molecule has 1 saturated heterocycles. The molecule has 2 aromatic rings. The summed E-state index contributed by atoms with van der Waals surface area (Å²) in [6.45, 7) is 6.11. The van der Waals surface area contributed by atoms with Crippen LogP contribution in [0.25, 0.3) is 0 Å². The zero-order valence-electron chi connectivity index (χ0n) is 18.8. The first-order chi connectivity index (χ1) is 15.5. The van der Waals surface area contributed by atoms with Gasteiger partial charge in [-0.1, -0.05) is 12.1 Å². The highest BCUT2D eigenvalue weighted by Crippen LogP contribution is 2.59. The monoisotopic (exact) mass is 490 g/mol. The number of hydrogen-bond donors (Lipinski definition) is 1. The number of Topliss-reactive ketones (excluding diaryl/α,β-unsaturated/α-hetero) is 1. The van der Waals surface area contributed by atoms with Crippen LogP contribution < -0.4 is 4.74 Å². The summed E-state index contributed by atoms with van der Waals surface area (Å²) in [5.41, 5.74) is 0.610. The summed E-state index contributed by atoms with van der Waals surface area (Å²) in [5, 5.41) is 9.38. The minimum Gasteiger partial charge on any atom is -0.508 e. The second-order valence-electron chi connectivity index (χ2n) is 9.24. The van der Waals surface area contributed by atoms with Crippen molar-refractivity contribution in [2.75, 3.05) is 32.7 Å². The minimum atomic E-state index is -1.02. The van der Waals surface area contributed by atoms with E-state index in [0.29, 0.717) is 37.5 Å². The number of piperazine rings is 1. The van der Waals surface area contributed by atoms with Crippen LogP contribution in [0.2, 0.25) is 0 Å². The van der Waals surface area contributed by atoms with Gasteiger partial charge < -0.3 is 14.7 Å². The van der Waals surface area contributed by atoms with Crippen molar-refractivity contribution in [3.8, 4) is 11.5 Å². The number of ketones is 1. The Morgan fingerprint density at radius 2 is 1.61 bits per heavy atom. The van der Waals surface area contributed by atoms with Crippen molar-refractivity contribution in [3.63, 3.8) is 0 Å². The number of carbonyl (C=O) groups is 2. The van der Waals surface area contributed by atoms with E-state index < -0.39 is 9.93 Å². The van der Waals surface area contributed by atoms with E-state index >= 15 is 0 Å². The van der Waals surface area contributed by atoms with Gasteiger partial charge in [0, 0.05) is 37.7 Å². The van der Waals surface area contributed by atoms with Crippen molar-refractivity contribution >= 4 is 34.9 Å². The van der Waals surface area contributed by atoms with Gasteiger partial charge in [-0.05, 0) is 62.2 Å². The van der Waals surface area contributed by atoms with Crippen LogP contribution in [-0.4, -0.2) is 69.3 Å². The Morgan fingerprint density at radius 3 is 2.15 bits per heavy atom. The second-order valence-corrected chi connectivity index (χ2v) is 10.8. The molecule has 1 aliphatic heterocycles. The highest BCUT2D eigenvalue weighted by Gasteiger charge is 2.52. The van der Waals surface area contributed by atoms with Crippen molar-refractivity contribution in [1.29, 1.82) is 0 Å². The van der Waals surface area contributed by atoms with Crippen LogP contribution in [0.3, 0.4) is 0 Å². The number of benzene rings is 2. The van der Waals surface area contributed by atoms with E-state index in [9.17, 15) is 14.7 Å². The summed E-state index contributed by atoms with van der Waals surface area (Å²) < 4.78 is 5.37. The number of carbonyl (C=O) groups excluding carboxylic acids is 2. The predicted molar refractivity (Wildman–Crippen MR) is 128 cm³/mol. The van der Waals surface area contributed by atoms with Gasteiger partial charge in [-0.2, -0.15) is 0 Å². The molecule has 0 bridgehead atoms. The maximum atomic E-state index is 13.1. The summed E-state index contributed by atoms with van der Waals surface area (Å²) in [7, 11) is 0. The number of halogens is 2. The third-order valence-electron chi connectivity index (χ3n) is 6.21. The fourth-order valence-corrected chi connectivity index (χ4v) is 4.67. The van der Waals surface area contributed by atoms with E-state index in [1.54, 1.807) is 30.9 Å². The molecule has 1 heterocycles. The summed E-state index contributed by atoms with van der Waals surface area (Å²) in [4.78, 5) is 29.4. The average molecular weight is 491 g/mol. The quantitative estimate of drug-likeness (QED) is 0.464. The summed E-state index contributed by atoms with van der Waals surface area (Å²) >= 11 is 12.3. The fraction of sp³-hybridized carbons (Fsp3) is 0.440. The van der Waals surface area contributed by atoms with Crippen molar-refractivity contribution in [2.45, 2.75) is 36.1 Å². The van der Waals surface area contributed by atoms with Crippen LogP contribution in [0.1, 0.15) is 42.1 Å². The van der Waals surface area contributed by atoms with Gasteiger partial charge in [0.2, 0.25) is 0 Å². The second kappa shape index (κ2) is 9.16.